The molecule has 2 aromatic carbocycles. The highest BCUT2D eigenvalue weighted by Gasteiger charge is 2.54. The molecule has 1 saturated heterocycles. The Morgan fingerprint density at radius 3 is 2.08 bits per heavy atom. The lowest BCUT2D eigenvalue weighted by atomic mass is 9.73. The Balaban J connectivity index is 1.84. The SMILES string of the molecule is CCCCC[C@@H]1C/C=C(\C)[C@@H](O)C(C)(C)[C@@H](O)[C@@H](C)/C=C(\C)[C@@H]2C[C@H](O[Si](c3ccccc3)(c3ccccc3)C(C)(C)C)C[C@](OC)(CC(=O)O1)O2. The zero-order valence-electron chi connectivity index (χ0n) is 33.5. The van der Waals surface area contributed by atoms with E-state index in [4.69, 9.17) is 18.6 Å². The van der Waals surface area contributed by atoms with Crippen molar-refractivity contribution in [3.63, 3.8) is 0 Å². The molecule has 1 fully saturated rings. The number of methoxy groups -OCH3 is 1. The normalized spacial score (nSPS) is 31.5. The van der Waals surface area contributed by atoms with Crippen molar-refractivity contribution in [2.45, 2.75) is 155 Å². The monoisotopic (exact) mass is 734 g/mol. The highest BCUT2D eigenvalue weighted by atomic mass is 28.4. The van der Waals surface area contributed by atoms with Crippen molar-refractivity contribution >= 4 is 24.7 Å². The third-order valence-corrected chi connectivity index (χ3v) is 16.6. The molecule has 2 aliphatic heterocycles. The Kier molecular flexibility index (Phi) is 14.3. The molecule has 0 spiro atoms. The number of ether oxygens (including phenoxy) is 3. The van der Waals surface area contributed by atoms with E-state index >= 15 is 0 Å². The summed E-state index contributed by atoms with van der Waals surface area (Å²) in [7, 11) is -1.37. The van der Waals surface area contributed by atoms with Crippen LogP contribution in [0.1, 0.15) is 114 Å². The van der Waals surface area contributed by atoms with E-state index in [1.165, 1.54) is 10.4 Å². The summed E-state index contributed by atoms with van der Waals surface area (Å²) >= 11 is 0. The zero-order valence-corrected chi connectivity index (χ0v) is 34.5. The molecule has 2 aromatic rings. The predicted octanol–water partition coefficient (Wildman–Crippen LogP) is 8.02. The summed E-state index contributed by atoms with van der Waals surface area (Å²) in [6.07, 6.45) is 6.16. The summed E-state index contributed by atoms with van der Waals surface area (Å²) in [6.45, 7) is 18.6. The van der Waals surface area contributed by atoms with Crippen LogP contribution in [0.25, 0.3) is 0 Å². The summed E-state index contributed by atoms with van der Waals surface area (Å²) in [4.78, 5) is 14.0. The first-order chi connectivity index (χ1) is 24.5. The predicted molar refractivity (Wildman–Crippen MR) is 212 cm³/mol. The van der Waals surface area contributed by atoms with Gasteiger partial charge in [-0.3, -0.25) is 4.79 Å². The quantitative estimate of drug-likeness (QED) is 0.117. The van der Waals surface area contributed by atoms with Gasteiger partial charge in [-0.25, -0.2) is 0 Å². The van der Waals surface area contributed by atoms with Crippen LogP contribution in [0.3, 0.4) is 0 Å². The number of esters is 1. The summed E-state index contributed by atoms with van der Waals surface area (Å²) < 4.78 is 27.0. The Bertz CT molecular complexity index is 1460. The number of benzene rings is 2. The van der Waals surface area contributed by atoms with Crippen LogP contribution in [0.2, 0.25) is 5.04 Å². The molecule has 8 heteroatoms. The molecule has 2 N–H and O–H groups in total. The van der Waals surface area contributed by atoms with E-state index in [-0.39, 0.29) is 35.6 Å². The van der Waals surface area contributed by atoms with Gasteiger partial charge in [0.15, 0.2) is 5.79 Å². The van der Waals surface area contributed by atoms with Gasteiger partial charge in [-0.1, -0.05) is 134 Å². The second kappa shape index (κ2) is 17.7. The molecule has 2 heterocycles. The maximum absolute atomic E-state index is 14.0. The van der Waals surface area contributed by atoms with Crippen LogP contribution in [-0.2, 0) is 23.4 Å². The molecule has 2 aliphatic rings. The van der Waals surface area contributed by atoms with Crippen LogP contribution < -0.4 is 10.4 Å². The molecule has 0 unspecified atom stereocenters. The van der Waals surface area contributed by atoms with Crippen molar-refractivity contribution in [1.29, 1.82) is 0 Å². The number of cyclic esters (lactones) is 1. The second-order valence-corrected chi connectivity index (χ2v) is 21.2. The number of carbonyl (C=O) groups is 1. The number of unbranched alkanes of at least 4 members (excludes halogenated alkanes) is 2. The van der Waals surface area contributed by atoms with Crippen molar-refractivity contribution in [3.05, 3.63) is 84.0 Å². The first-order valence-electron chi connectivity index (χ1n) is 19.4. The number of aliphatic hydroxyl groups is 2. The van der Waals surface area contributed by atoms with Crippen LogP contribution >= 0.6 is 0 Å². The topological polar surface area (TPSA) is 94.5 Å². The summed E-state index contributed by atoms with van der Waals surface area (Å²) in [5, 5.41) is 25.4. The smallest absolute Gasteiger partial charge is 0.311 e. The number of hydrogen-bond acceptors (Lipinski definition) is 7. The molecule has 52 heavy (non-hydrogen) atoms. The number of aliphatic hydroxyl groups excluding tert-OH is 2. The van der Waals surface area contributed by atoms with Crippen LogP contribution in [0.5, 0.6) is 0 Å². The zero-order chi connectivity index (χ0) is 38.3. The van der Waals surface area contributed by atoms with Crippen molar-refractivity contribution < 1.29 is 33.6 Å². The van der Waals surface area contributed by atoms with E-state index in [0.29, 0.717) is 25.7 Å². The molecule has 288 valence electrons. The van der Waals surface area contributed by atoms with Gasteiger partial charge >= 0.3 is 5.97 Å². The minimum absolute atomic E-state index is 0.0886. The average Bonchev–Trinajstić information content (AvgIpc) is 3.11. The minimum atomic E-state index is -2.97. The van der Waals surface area contributed by atoms with E-state index in [1.54, 1.807) is 7.11 Å². The fraction of sp³-hybridized carbons (Fsp3) is 0.614. The van der Waals surface area contributed by atoms with Gasteiger partial charge < -0.3 is 28.8 Å². The van der Waals surface area contributed by atoms with Crippen molar-refractivity contribution in [3.8, 4) is 0 Å². The number of carbonyl (C=O) groups excluding carboxylic acids is 1. The van der Waals surface area contributed by atoms with Crippen LogP contribution in [-0.4, -0.2) is 67.9 Å². The molecular formula is C44H66O7Si. The lowest BCUT2D eigenvalue weighted by Crippen LogP contribution is -2.68. The fourth-order valence-electron chi connectivity index (χ4n) is 8.41. The third kappa shape index (κ3) is 9.55. The summed E-state index contributed by atoms with van der Waals surface area (Å²) in [5.41, 5.74) is 0.831. The third-order valence-electron chi connectivity index (χ3n) is 11.5. The maximum Gasteiger partial charge on any atom is 0.311 e. The van der Waals surface area contributed by atoms with Gasteiger partial charge in [0.05, 0.1) is 30.8 Å². The highest BCUT2D eigenvalue weighted by molar-refractivity contribution is 6.99. The molecule has 0 radical (unpaired) electrons. The molecule has 2 bridgehead atoms. The molecule has 0 aromatic heterocycles. The van der Waals surface area contributed by atoms with E-state index < -0.39 is 37.8 Å². The largest absolute Gasteiger partial charge is 0.462 e. The van der Waals surface area contributed by atoms with Crippen LogP contribution in [0.4, 0.5) is 0 Å². The highest BCUT2D eigenvalue weighted by Crippen LogP contribution is 2.44. The molecular weight excluding hydrogens is 669 g/mol. The number of hydrogen-bond donors (Lipinski definition) is 2. The van der Waals surface area contributed by atoms with Crippen molar-refractivity contribution in [2.75, 3.05) is 7.11 Å². The van der Waals surface area contributed by atoms with Crippen LogP contribution in [0, 0.1) is 11.3 Å². The van der Waals surface area contributed by atoms with Gasteiger partial charge in [0.2, 0.25) is 0 Å². The van der Waals surface area contributed by atoms with Crippen LogP contribution in [0.15, 0.2) is 84.0 Å². The maximum atomic E-state index is 14.0. The van der Waals surface area contributed by atoms with Gasteiger partial charge in [0.25, 0.3) is 8.32 Å². The average molecular weight is 735 g/mol. The van der Waals surface area contributed by atoms with Gasteiger partial charge in [0.1, 0.15) is 6.10 Å². The lowest BCUT2D eigenvalue weighted by molar-refractivity contribution is -0.279. The minimum Gasteiger partial charge on any atom is -0.462 e. The van der Waals surface area contributed by atoms with Gasteiger partial charge in [-0.05, 0) is 53.2 Å². The standard InChI is InChI=1S/C44H66O7Si/c1-11-12-15-20-34-26-25-31(2)40(46)43(8,9)41(47)33(4)27-32(3)38-28-35(29-44(48-10,50-38)30-39(45)49-34)51-52(42(5,6)7,36-21-16-13-17-22-36)37-23-18-14-19-24-37/h13-14,16-19,21-25,27,33-35,38,40-41,46-47H,11-12,15,20,26,28-30H2,1-10H3/b31-25+,32-27+/t33-,34+,35-,38-,40+,41-,44+/m0/s1. The van der Waals surface area contributed by atoms with E-state index in [9.17, 15) is 15.0 Å². The molecule has 0 saturated carbocycles. The lowest BCUT2D eigenvalue weighted by Gasteiger charge is -2.50. The Morgan fingerprint density at radius 1 is 0.942 bits per heavy atom. The number of fused-ring (bicyclic) bond motifs is 2. The molecule has 7 nitrogen and oxygen atoms in total. The first-order valence-corrected chi connectivity index (χ1v) is 21.3. The Hall–Kier alpha value is -2.59. The molecule has 0 aliphatic carbocycles. The van der Waals surface area contributed by atoms with E-state index in [2.05, 4.69) is 76.2 Å². The molecule has 7 atom stereocenters. The number of rotatable bonds is 9. The molecule has 0 amide bonds. The van der Waals surface area contributed by atoms with Gasteiger partial charge in [0, 0.05) is 37.7 Å². The Labute approximate surface area is 314 Å². The van der Waals surface area contributed by atoms with Gasteiger partial charge in [-0.15, -0.1) is 0 Å². The fourth-order valence-corrected chi connectivity index (χ4v) is 13.1. The van der Waals surface area contributed by atoms with Crippen molar-refractivity contribution in [1.82, 2.24) is 0 Å². The summed E-state index contributed by atoms with van der Waals surface area (Å²) in [5.74, 6) is -1.97. The van der Waals surface area contributed by atoms with E-state index in [0.717, 1.165) is 30.4 Å². The van der Waals surface area contributed by atoms with Gasteiger partial charge in [-0.2, -0.15) is 0 Å². The Morgan fingerprint density at radius 2 is 1.54 bits per heavy atom. The van der Waals surface area contributed by atoms with E-state index in [1.807, 2.05) is 58.9 Å². The molecule has 4 rings (SSSR count). The second-order valence-electron chi connectivity index (χ2n) is 17.0. The first kappa shape index (κ1) is 42.2. The summed E-state index contributed by atoms with van der Waals surface area (Å²) in [6, 6.07) is 21.1. The van der Waals surface area contributed by atoms with Crippen molar-refractivity contribution in [2.24, 2.45) is 11.3 Å².